The second kappa shape index (κ2) is 4.77. The summed E-state index contributed by atoms with van der Waals surface area (Å²) in [4.78, 5) is 0. The third-order valence-electron chi connectivity index (χ3n) is 3.06. The highest BCUT2D eigenvalue weighted by Crippen LogP contribution is 2.30. The lowest BCUT2D eigenvalue weighted by molar-refractivity contribution is 0.0345. The molecule has 82 valence electrons. The summed E-state index contributed by atoms with van der Waals surface area (Å²) in [6.45, 7) is 3.43. The van der Waals surface area contributed by atoms with Gasteiger partial charge < -0.3 is 9.84 Å². The number of ether oxygens (including phenoxy) is 1. The van der Waals surface area contributed by atoms with Crippen molar-refractivity contribution >= 4 is 0 Å². The average Bonchev–Trinajstić information content (AvgIpc) is 2.28. The van der Waals surface area contributed by atoms with Gasteiger partial charge >= 0.3 is 0 Å². The van der Waals surface area contributed by atoms with Crippen LogP contribution >= 0.6 is 0 Å². The van der Waals surface area contributed by atoms with Crippen molar-refractivity contribution in [3.8, 4) is 0 Å². The first-order valence-electron chi connectivity index (χ1n) is 5.66. The highest BCUT2D eigenvalue weighted by Gasteiger charge is 2.26. The number of aliphatic hydroxyl groups excluding tert-OH is 1. The van der Waals surface area contributed by atoms with E-state index in [-0.39, 0.29) is 12.0 Å². The molecule has 1 aliphatic heterocycles. The van der Waals surface area contributed by atoms with Crippen molar-refractivity contribution in [2.24, 2.45) is 0 Å². The maximum absolute atomic E-state index is 10.0. The van der Waals surface area contributed by atoms with Gasteiger partial charge in [0, 0.05) is 5.92 Å². The van der Waals surface area contributed by atoms with Crippen LogP contribution in [0.3, 0.4) is 0 Å². The minimum atomic E-state index is -0.267. The molecule has 0 spiro atoms. The fourth-order valence-corrected chi connectivity index (χ4v) is 2.23. The molecule has 0 bridgehead atoms. The SMILES string of the molecule is CCCC(O)C1COCc2ccccc21. The molecule has 2 heteroatoms. The van der Waals surface area contributed by atoms with Crippen molar-refractivity contribution in [1.82, 2.24) is 0 Å². The molecule has 0 aromatic heterocycles. The van der Waals surface area contributed by atoms with E-state index < -0.39 is 0 Å². The van der Waals surface area contributed by atoms with Crippen LogP contribution in [0.4, 0.5) is 0 Å². The standard InChI is InChI=1S/C13H18O2/c1-2-5-13(14)12-9-15-8-10-6-3-4-7-11(10)12/h3-4,6-7,12-14H,2,5,8-9H2,1H3. The Morgan fingerprint density at radius 2 is 2.27 bits per heavy atom. The van der Waals surface area contributed by atoms with E-state index in [2.05, 4.69) is 19.1 Å². The summed E-state index contributed by atoms with van der Waals surface area (Å²) < 4.78 is 5.52. The molecular formula is C13H18O2. The summed E-state index contributed by atoms with van der Waals surface area (Å²) in [5.74, 6) is 0.162. The number of hydrogen-bond donors (Lipinski definition) is 1. The van der Waals surface area contributed by atoms with Gasteiger partial charge in [-0.2, -0.15) is 0 Å². The Hall–Kier alpha value is -0.860. The molecule has 2 unspecified atom stereocenters. The number of aliphatic hydroxyl groups is 1. The van der Waals surface area contributed by atoms with Crippen LogP contribution in [-0.2, 0) is 11.3 Å². The lowest BCUT2D eigenvalue weighted by atomic mass is 9.87. The monoisotopic (exact) mass is 206 g/mol. The van der Waals surface area contributed by atoms with E-state index in [1.807, 2.05) is 12.1 Å². The van der Waals surface area contributed by atoms with Gasteiger partial charge in [-0.1, -0.05) is 37.6 Å². The zero-order valence-electron chi connectivity index (χ0n) is 9.15. The van der Waals surface area contributed by atoms with Gasteiger partial charge in [-0.25, -0.2) is 0 Å². The molecule has 0 aliphatic carbocycles. The Balaban J connectivity index is 2.21. The van der Waals surface area contributed by atoms with E-state index in [0.29, 0.717) is 13.2 Å². The molecule has 2 rings (SSSR count). The van der Waals surface area contributed by atoms with Crippen LogP contribution in [0.5, 0.6) is 0 Å². The number of hydrogen-bond acceptors (Lipinski definition) is 2. The molecule has 1 aromatic rings. The third-order valence-corrected chi connectivity index (χ3v) is 3.06. The summed E-state index contributed by atoms with van der Waals surface area (Å²) in [5, 5.41) is 10.0. The van der Waals surface area contributed by atoms with Gasteiger partial charge in [-0.15, -0.1) is 0 Å². The van der Waals surface area contributed by atoms with Gasteiger partial charge in [0.15, 0.2) is 0 Å². The van der Waals surface area contributed by atoms with Crippen LogP contribution < -0.4 is 0 Å². The first kappa shape index (κ1) is 10.7. The van der Waals surface area contributed by atoms with Gasteiger partial charge in [0.1, 0.15) is 0 Å². The number of fused-ring (bicyclic) bond motifs is 1. The molecule has 0 radical (unpaired) electrons. The molecule has 1 aromatic carbocycles. The number of rotatable bonds is 3. The van der Waals surface area contributed by atoms with E-state index in [0.717, 1.165) is 12.8 Å². The Bertz CT molecular complexity index is 322. The zero-order valence-corrected chi connectivity index (χ0v) is 9.15. The molecule has 15 heavy (non-hydrogen) atoms. The largest absolute Gasteiger partial charge is 0.392 e. The average molecular weight is 206 g/mol. The van der Waals surface area contributed by atoms with E-state index >= 15 is 0 Å². The molecule has 0 amide bonds. The van der Waals surface area contributed by atoms with E-state index in [1.54, 1.807) is 0 Å². The fourth-order valence-electron chi connectivity index (χ4n) is 2.23. The predicted octanol–water partition coefficient (Wildman–Crippen LogP) is 2.46. The molecule has 2 atom stereocenters. The molecule has 0 saturated carbocycles. The van der Waals surface area contributed by atoms with Crippen molar-refractivity contribution in [3.63, 3.8) is 0 Å². The molecule has 1 N–H and O–H groups in total. The molecule has 0 saturated heterocycles. The maximum Gasteiger partial charge on any atom is 0.0719 e. The van der Waals surface area contributed by atoms with E-state index in [9.17, 15) is 5.11 Å². The lowest BCUT2D eigenvalue weighted by Crippen LogP contribution is -2.27. The Kier molecular flexibility index (Phi) is 3.39. The molecule has 1 aliphatic rings. The Morgan fingerprint density at radius 1 is 1.47 bits per heavy atom. The summed E-state index contributed by atoms with van der Waals surface area (Å²) >= 11 is 0. The minimum Gasteiger partial charge on any atom is -0.392 e. The first-order chi connectivity index (χ1) is 7.33. The smallest absolute Gasteiger partial charge is 0.0719 e. The van der Waals surface area contributed by atoms with Crippen molar-refractivity contribution in [2.45, 2.75) is 38.4 Å². The Morgan fingerprint density at radius 3 is 3.07 bits per heavy atom. The van der Waals surface area contributed by atoms with Gasteiger partial charge in [0.05, 0.1) is 19.3 Å². The van der Waals surface area contributed by atoms with Gasteiger partial charge in [0.2, 0.25) is 0 Å². The van der Waals surface area contributed by atoms with Gasteiger partial charge in [-0.05, 0) is 17.5 Å². The van der Waals surface area contributed by atoms with Crippen molar-refractivity contribution in [2.75, 3.05) is 6.61 Å². The fraction of sp³-hybridized carbons (Fsp3) is 0.538. The zero-order chi connectivity index (χ0) is 10.7. The van der Waals surface area contributed by atoms with E-state index in [4.69, 9.17) is 4.74 Å². The summed E-state index contributed by atoms with van der Waals surface area (Å²) in [6, 6.07) is 8.26. The quantitative estimate of drug-likeness (QED) is 0.823. The van der Waals surface area contributed by atoms with Crippen LogP contribution in [0.25, 0.3) is 0 Å². The van der Waals surface area contributed by atoms with Crippen LogP contribution in [0.2, 0.25) is 0 Å². The van der Waals surface area contributed by atoms with Crippen LogP contribution in [-0.4, -0.2) is 17.8 Å². The van der Waals surface area contributed by atoms with Crippen molar-refractivity contribution in [3.05, 3.63) is 35.4 Å². The summed E-state index contributed by atoms with van der Waals surface area (Å²) in [7, 11) is 0. The second-order valence-corrected chi connectivity index (χ2v) is 4.18. The highest BCUT2D eigenvalue weighted by atomic mass is 16.5. The predicted molar refractivity (Wildman–Crippen MR) is 59.8 cm³/mol. The minimum absolute atomic E-state index is 0.162. The first-order valence-corrected chi connectivity index (χ1v) is 5.66. The molecule has 2 nitrogen and oxygen atoms in total. The highest BCUT2D eigenvalue weighted by molar-refractivity contribution is 5.32. The summed E-state index contributed by atoms with van der Waals surface area (Å²) in [6.07, 6.45) is 1.60. The molecule has 0 fully saturated rings. The van der Waals surface area contributed by atoms with Gasteiger partial charge in [-0.3, -0.25) is 0 Å². The van der Waals surface area contributed by atoms with Crippen molar-refractivity contribution < 1.29 is 9.84 Å². The van der Waals surface area contributed by atoms with Crippen LogP contribution in [0.1, 0.15) is 36.8 Å². The normalized spacial score (nSPS) is 22.1. The van der Waals surface area contributed by atoms with Crippen molar-refractivity contribution in [1.29, 1.82) is 0 Å². The lowest BCUT2D eigenvalue weighted by Gasteiger charge is -2.29. The van der Waals surface area contributed by atoms with Gasteiger partial charge in [0.25, 0.3) is 0 Å². The Labute approximate surface area is 90.9 Å². The third kappa shape index (κ3) is 2.21. The topological polar surface area (TPSA) is 29.5 Å². The van der Waals surface area contributed by atoms with Crippen LogP contribution in [0.15, 0.2) is 24.3 Å². The van der Waals surface area contributed by atoms with E-state index in [1.165, 1.54) is 11.1 Å². The second-order valence-electron chi connectivity index (χ2n) is 4.18. The molecule has 1 heterocycles. The molecular weight excluding hydrogens is 188 g/mol. The summed E-state index contributed by atoms with van der Waals surface area (Å²) in [5.41, 5.74) is 2.49. The number of benzene rings is 1. The maximum atomic E-state index is 10.0. The van der Waals surface area contributed by atoms with Crippen LogP contribution in [0, 0.1) is 0 Å².